The molecule has 1 aromatic rings. The highest BCUT2D eigenvalue weighted by Crippen LogP contribution is 2.18. The molecule has 0 aliphatic heterocycles. The monoisotopic (exact) mass is 320 g/mol. The van der Waals surface area contributed by atoms with Crippen molar-refractivity contribution < 1.29 is 14.3 Å². The van der Waals surface area contributed by atoms with Crippen LogP contribution in [0.15, 0.2) is 36.4 Å². The van der Waals surface area contributed by atoms with Crippen molar-refractivity contribution in [2.45, 2.75) is 39.3 Å². The van der Waals surface area contributed by atoms with E-state index in [4.69, 9.17) is 9.47 Å². The summed E-state index contributed by atoms with van der Waals surface area (Å²) in [5.41, 5.74) is 0.700. The maximum Gasteiger partial charge on any atom is 0.407 e. The number of nitrogens with one attached hydrogen (secondary N) is 2. The van der Waals surface area contributed by atoms with Crippen LogP contribution in [0, 0.1) is 0 Å². The van der Waals surface area contributed by atoms with E-state index in [1.54, 1.807) is 7.11 Å². The maximum atomic E-state index is 11.5. The first-order valence-corrected chi connectivity index (χ1v) is 7.81. The number of carbonyl (C=O) groups is 1. The minimum atomic E-state index is -0.471. The fraction of sp³-hybridized carbons (Fsp3) is 0.500. The minimum Gasteiger partial charge on any atom is -0.497 e. The molecule has 1 rings (SSSR count). The van der Waals surface area contributed by atoms with Gasteiger partial charge < -0.3 is 20.1 Å². The van der Waals surface area contributed by atoms with E-state index in [1.807, 2.05) is 51.1 Å². The highest BCUT2D eigenvalue weighted by molar-refractivity contribution is 5.67. The van der Waals surface area contributed by atoms with Gasteiger partial charge in [-0.25, -0.2) is 4.79 Å². The van der Waals surface area contributed by atoms with E-state index < -0.39 is 11.7 Å². The van der Waals surface area contributed by atoms with Crippen LogP contribution in [-0.4, -0.2) is 31.9 Å². The van der Waals surface area contributed by atoms with Gasteiger partial charge in [0.05, 0.1) is 7.11 Å². The molecular weight excluding hydrogens is 292 g/mol. The zero-order chi connectivity index (χ0) is 17.3. The molecule has 1 unspecified atom stereocenters. The second-order valence-electron chi connectivity index (χ2n) is 6.26. The molecule has 1 aromatic carbocycles. The lowest BCUT2D eigenvalue weighted by atomic mass is 10.1. The van der Waals surface area contributed by atoms with Crippen LogP contribution in [0.25, 0.3) is 0 Å². The standard InChI is InChI=1S/C18H28N2O3/c1-14(15-9-8-10-16(13-15)22-5)19-11-6-7-12-20-17(21)23-18(2,3)4/h6-10,13-14,19H,11-12H2,1-5H3,(H,20,21)/b7-6+. The van der Waals surface area contributed by atoms with Crippen LogP contribution >= 0.6 is 0 Å². The smallest absolute Gasteiger partial charge is 0.407 e. The van der Waals surface area contributed by atoms with Crippen molar-refractivity contribution in [3.8, 4) is 5.75 Å². The largest absolute Gasteiger partial charge is 0.497 e. The maximum absolute atomic E-state index is 11.5. The Bertz CT molecular complexity index is 521. The third-order valence-corrected chi connectivity index (χ3v) is 3.07. The van der Waals surface area contributed by atoms with Crippen LogP contribution in [-0.2, 0) is 4.74 Å². The SMILES string of the molecule is COc1cccc(C(C)NC/C=C/CNC(=O)OC(C)(C)C)c1. The van der Waals surface area contributed by atoms with E-state index in [9.17, 15) is 4.79 Å². The predicted molar refractivity (Wildman–Crippen MR) is 92.8 cm³/mol. The molecule has 0 saturated heterocycles. The summed E-state index contributed by atoms with van der Waals surface area (Å²) in [6, 6.07) is 8.21. The molecule has 5 heteroatoms. The molecule has 0 fully saturated rings. The lowest BCUT2D eigenvalue weighted by molar-refractivity contribution is 0.0534. The number of amides is 1. The Kier molecular flexibility index (Phi) is 7.62. The summed E-state index contributed by atoms with van der Waals surface area (Å²) in [5.74, 6) is 0.855. The molecule has 0 radical (unpaired) electrons. The van der Waals surface area contributed by atoms with E-state index in [1.165, 1.54) is 5.56 Å². The van der Waals surface area contributed by atoms with E-state index in [2.05, 4.69) is 23.6 Å². The summed E-state index contributed by atoms with van der Waals surface area (Å²) in [7, 11) is 1.66. The number of rotatable bonds is 7. The number of hydrogen-bond acceptors (Lipinski definition) is 4. The Morgan fingerprint density at radius 3 is 2.61 bits per heavy atom. The van der Waals surface area contributed by atoms with Crippen molar-refractivity contribution in [1.29, 1.82) is 0 Å². The molecule has 23 heavy (non-hydrogen) atoms. The van der Waals surface area contributed by atoms with Gasteiger partial charge >= 0.3 is 6.09 Å². The topological polar surface area (TPSA) is 59.6 Å². The van der Waals surface area contributed by atoms with Crippen molar-refractivity contribution in [3.63, 3.8) is 0 Å². The van der Waals surface area contributed by atoms with Crippen LogP contribution in [0.5, 0.6) is 5.75 Å². The summed E-state index contributed by atoms with van der Waals surface area (Å²) in [4.78, 5) is 11.5. The molecule has 0 saturated carbocycles. The van der Waals surface area contributed by atoms with Crippen LogP contribution in [0.2, 0.25) is 0 Å². The van der Waals surface area contributed by atoms with E-state index in [0.717, 1.165) is 5.75 Å². The van der Waals surface area contributed by atoms with Gasteiger partial charge in [-0.05, 0) is 45.4 Å². The molecule has 0 spiro atoms. The van der Waals surface area contributed by atoms with Gasteiger partial charge in [0.15, 0.2) is 0 Å². The van der Waals surface area contributed by atoms with Crippen molar-refractivity contribution in [1.82, 2.24) is 10.6 Å². The second kappa shape index (κ2) is 9.20. The summed E-state index contributed by atoms with van der Waals surface area (Å²) < 4.78 is 10.4. The van der Waals surface area contributed by atoms with Gasteiger partial charge in [-0.1, -0.05) is 24.3 Å². The number of carbonyl (C=O) groups excluding carboxylic acids is 1. The van der Waals surface area contributed by atoms with E-state index in [-0.39, 0.29) is 6.04 Å². The van der Waals surface area contributed by atoms with Crippen LogP contribution in [0.4, 0.5) is 4.79 Å². The normalized spacial score (nSPS) is 12.9. The van der Waals surface area contributed by atoms with Crippen molar-refractivity contribution in [2.24, 2.45) is 0 Å². The molecule has 5 nitrogen and oxygen atoms in total. The molecule has 2 N–H and O–H groups in total. The first kappa shape index (κ1) is 19.0. The van der Waals surface area contributed by atoms with E-state index >= 15 is 0 Å². The Morgan fingerprint density at radius 2 is 1.96 bits per heavy atom. The molecule has 0 aliphatic carbocycles. The van der Waals surface area contributed by atoms with Crippen molar-refractivity contribution in [3.05, 3.63) is 42.0 Å². The first-order valence-electron chi connectivity index (χ1n) is 7.81. The zero-order valence-electron chi connectivity index (χ0n) is 14.7. The van der Waals surface area contributed by atoms with Gasteiger partial charge in [0.1, 0.15) is 11.4 Å². The molecule has 0 bridgehead atoms. The highest BCUT2D eigenvalue weighted by atomic mass is 16.6. The average molecular weight is 320 g/mol. The summed E-state index contributed by atoms with van der Waals surface area (Å²) in [6.07, 6.45) is 3.48. The Labute approximate surface area is 139 Å². The van der Waals surface area contributed by atoms with Gasteiger partial charge in [0, 0.05) is 19.1 Å². The zero-order valence-corrected chi connectivity index (χ0v) is 14.7. The summed E-state index contributed by atoms with van der Waals surface area (Å²) in [5, 5.41) is 6.07. The Balaban J connectivity index is 2.26. The van der Waals surface area contributed by atoms with Crippen LogP contribution < -0.4 is 15.4 Å². The van der Waals surface area contributed by atoms with Gasteiger partial charge in [0.25, 0.3) is 0 Å². The third-order valence-electron chi connectivity index (χ3n) is 3.07. The molecule has 0 aliphatic rings. The first-order chi connectivity index (χ1) is 10.8. The minimum absolute atomic E-state index is 0.216. The average Bonchev–Trinajstić information content (AvgIpc) is 2.48. The summed E-state index contributed by atoms with van der Waals surface area (Å²) >= 11 is 0. The van der Waals surface area contributed by atoms with E-state index in [0.29, 0.717) is 13.1 Å². The Morgan fingerprint density at radius 1 is 1.26 bits per heavy atom. The fourth-order valence-corrected chi connectivity index (χ4v) is 1.90. The van der Waals surface area contributed by atoms with Gasteiger partial charge in [0.2, 0.25) is 0 Å². The number of methoxy groups -OCH3 is 1. The van der Waals surface area contributed by atoms with Crippen molar-refractivity contribution >= 4 is 6.09 Å². The third kappa shape index (κ3) is 8.26. The van der Waals surface area contributed by atoms with Gasteiger partial charge in [-0.15, -0.1) is 0 Å². The molecular formula is C18H28N2O3. The highest BCUT2D eigenvalue weighted by Gasteiger charge is 2.14. The molecule has 0 aromatic heterocycles. The fourth-order valence-electron chi connectivity index (χ4n) is 1.90. The molecule has 0 heterocycles. The quantitative estimate of drug-likeness (QED) is 0.756. The lowest BCUT2D eigenvalue weighted by Crippen LogP contribution is -2.32. The summed E-state index contributed by atoms with van der Waals surface area (Å²) in [6.45, 7) is 8.78. The van der Waals surface area contributed by atoms with Gasteiger partial charge in [-0.3, -0.25) is 0 Å². The molecule has 128 valence electrons. The Hall–Kier alpha value is -2.01. The predicted octanol–water partition coefficient (Wildman–Crippen LogP) is 3.43. The number of alkyl carbamates (subject to hydrolysis) is 1. The number of benzene rings is 1. The molecule has 1 amide bonds. The molecule has 1 atom stereocenters. The lowest BCUT2D eigenvalue weighted by Gasteiger charge is -2.19. The second-order valence-corrected chi connectivity index (χ2v) is 6.26. The number of ether oxygens (including phenoxy) is 2. The van der Waals surface area contributed by atoms with Crippen LogP contribution in [0.3, 0.4) is 0 Å². The van der Waals surface area contributed by atoms with Gasteiger partial charge in [-0.2, -0.15) is 0 Å². The number of hydrogen-bond donors (Lipinski definition) is 2. The van der Waals surface area contributed by atoms with Crippen molar-refractivity contribution in [2.75, 3.05) is 20.2 Å². The van der Waals surface area contributed by atoms with Crippen LogP contribution in [0.1, 0.15) is 39.3 Å².